The first-order valence-electron chi connectivity index (χ1n) is 18.2. The van der Waals surface area contributed by atoms with E-state index < -0.39 is 0 Å². The van der Waals surface area contributed by atoms with E-state index in [2.05, 4.69) is 184 Å². The fourth-order valence-electron chi connectivity index (χ4n) is 8.18. The van der Waals surface area contributed by atoms with Gasteiger partial charge in [-0.15, -0.1) is 0 Å². The third-order valence-electron chi connectivity index (χ3n) is 10.5. The van der Waals surface area contributed by atoms with Crippen LogP contribution in [0.1, 0.15) is 11.1 Å². The van der Waals surface area contributed by atoms with Gasteiger partial charge < -0.3 is 14.0 Å². The van der Waals surface area contributed by atoms with Gasteiger partial charge in [0.1, 0.15) is 0 Å². The van der Waals surface area contributed by atoms with Crippen LogP contribution in [0.25, 0.3) is 66.1 Å². The van der Waals surface area contributed by atoms with Crippen LogP contribution in [0.4, 0.5) is 17.1 Å². The Morgan fingerprint density at radius 1 is 0.382 bits per heavy atom. The van der Waals surface area contributed by atoms with E-state index in [1.165, 1.54) is 10.8 Å². The molecule has 0 aliphatic heterocycles. The maximum atomic E-state index is 9.98. The molecule has 0 saturated carbocycles. The van der Waals surface area contributed by atoms with Gasteiger partial charge >= 0.3 is 0 Å². The minimum atomic E-state index is 0.440. The van der Waals surface area contributed by atoms with Crippen LogP contribution in [-0.4, -0.2) is 9.13 Å². The Bertz CT molecular complexity index is 3090. The predicted molar refractivity (Wildman–Crippen MR) is 225 cm³/mol. The van der Waals surface area contributed by atoms with E-state index in [0.717, 1.165) is 72.4 Å². The van der Waals surface area contributed by atoms with Crippen LogP contribution in [0.2, 0.25) is 0 Å². The summed E-state index contributed by atoms with van der Waals surface area (Å²) in [5, 5.41) is 24.5. The highest BCUT2D eigenvalue weighted by Crippen LogP contribution is 2.44. The first kappa shape index (κ1) is 31.8. The van der Waals surface area contributed by atoms with E-state index in [1.807, 2.05) is 24.3 Å². The molecule has 0 saturated heterocycles. The summed E-state index contributed by atoms with van der Waals surface area (Å²) in [5.41, 5.74) is 12.3. The molecule has 0 unspecified atom stereocenters. The molecule has 0 N–H and O–H groups in total. The van der Waals surface area contributed by atoms with Crippen LogP contribution in [0.15, 0.2) is 188 Å². The number of nitrogens with zero attached hydrogens (tertiary/aromatic N) is 5. The molecule has 10 rings (SSSR count). The number of nitriles is 2. The second kappa shape index (κ2) is 13.0. The molecule has 0 atom stereocenters. The molecule has 0 aliphatic rings. The minimum Gasteiger partial charge on any atom is -0.310 e. The Labute approximate surface area is 318 Å². The first-order valence-corrected chi connectivity index (χ1v) is 18.2. The fraction of sp³-hybridized carbons (Fsp3) is 0. The van der Waals surface area contributed by atoms with Crippen molar-refractivity contribution in [3.05, 3.63) is 199 Å². The number of para-hydroxylation sites is 4. The van der Waals surface area contributed by atoms with Crippen molar-refractivity contribution in [1.82, 2.24) is 9.13 Å². The summed E-state index contributed by atoms with van der Waals surface area (Å²) < 4.78 is 4.54. The molecule has 5 heteroatoms. The van der Waals surface area contributed by atoms with Crippen molar-refractivity contribution < 1.29 is 0 Å². The molecular weight excluding hydrogens is 671 g/mol. The SMILES string of the molecule is N#Cc1cc(C#N)cc(-n2c3ccc(N(c4ccccc4)c4ccccc4)cc3c3c(-c4ccc5c6ccccc6n(-c6ccccc6)c5c4)cccc32)c1. The molecule has 256 valence electrons. The molecule has 0 aliphatic carbocycles. The van der Waals surface area contributed by atoms with Crippen molar-refractivity contribution in [2.75, 3.05) is 4.90 Å². The van der Waals surface area contributed by atoms with Gasteiger partial charge in [-0.05, 0) is 102 Å². The normalized spacial score (nSPS) is 11.2. The molecule has 0 fully saturated rings. The maximum Gasteiger partial charge on any atom is 0.0992 e. The standard InChI is InChI=1S/C50H31N5/c51-32-34-27-35(33-52)29-41(28-34)55-47-26-24-40(53(37-13-4-1-5-14-37)38-15-6-2-7-16-38)31-45(47)50-42(20-12-22-48(50)55)36-23-25-44-43-19-10-11-21-46(43)54(49(44)30-36)39-17-8-3-9-18-39/h1-31H. The summed E-state index contributed by atoms with van der Waals surface area (Å²) in [6, 6.07) is 69.7. The first-order chi connectivity index (χ1) is 27.2. The van der Waals surface area contributed by atoms with Gasteiger partial charge in [0.25, 0.3) is 0 Å². The van der Waals surface area contributed by atoms with E-state index in [0.29, 0.717) is 11.1 Å². The van der Waals surface area contributed by atoms with E-state index in [4.69, 9.17) is 0 Å². The summed E-state index contributed by atoms with van der Waals surface area (Å²) >= 11 is 0. The van der Waals surface area contributed by atoms with Gasteiger partial charge in [0.15, 0.2) is 0 Å². The number of hydrogen-bond donors (Lipinski definition) is 0. The lowest BCUT2D eigenvalue weighted by atomic mass is 9.98. The lowest BCUT2D eigenvalue weighted by molar-refractivity contribution is 1.17. The van der Waals surface area contributed by atoms with Crippen molar-refractivity contribution in [3.8, 4) is 34.6 Å². The predicted octanol–water partition coefficient (Wildman–Crippen LogP) is 12.8. The Morgan fingerprint density at radius 3 is 1.65 bits per heavy atom. The largest absolute Gasteiger partial charge is 0.310 e. The Balaban J connectivity index is 1.29. The lowest BCUT2D eigenvalue weighted by Gasteiger charge is -2.25. The van der Waals surface area contributed by atoms with Gasteiger partial charge in [-0.1, -0.05) is 97.1 Å². The highest BCUT2D eigenvalue weighted by atomic mass is 15.1. The summed E-state index contributed by atoms with van der Waals surface area (Å²) in [6.45, 7) is 0. The average Bonchev–Trinajstić information content (AvgIpc) is 3.77. The number of anilines is 3. The van der Waals surface area contributed by atoms with E-state index in [9.17, 15) is 10.5 Å². The molecule has 0 radical (unpaired) electrons. The highest BCUT2D eigenvalue weighted by Gasteiger charge is 2.21. The van der Waals surface area contributed by atoms with Gasteiger partial charge in [0.2, 0.25) is 0 Å². The van der Waals surface area contributed by atoms with Crippen LogP contribution in [0.5, 0.6) is 0 Å². The summed E-state index contributed by atoms with van der Waals surface area (Å²) in [7, 11) is 0. The number of benzene rings is 8. The fourth-order valence-corrected chi connectivity index (χ4v) is 8.18. The van der Waals surface area contributed by atoms with Crippen LogP contribution >= 0.6 is 0 Å². The second-order valence-electron chi connectivity index (χ2n) is 13.7. The number of hydrogen-bond acceptors (Lipinski definition) is 3. The average molecular weight is 702 g/mol. The van der Waals surface area contributed by atoms with Gasteiger partial charge in [-0.25, -0.2) is 0 Å². The van der Waals surface area contributed by atoms with E-state index in [-0.39, 0.29) is 0 Å². The molecule has 2 aromatic heterocycles. The molecule has 10 aromatic rings. The second-order valence-corrected chi connectivity index (χ2v) is 13.7. The molecule has 0 amide bonds. The maximum absolute atomic E-state index is 9.98. The Morgan fingerprint density at radius 2 is 0.964 bits per heavy atom. The lowest BCUT2D eigenvalue weighted by Crippen LogP contribution is -2.09. The zero-order chi connectivity index (χ0) is 36.9. The third-order valence-corrected chi connectivity index (χ3v) is 10.5. The number of aromatic nitrogens is 2. The Kier molecular flexibility index (Phi) is 7.51. The number of rotatable bonds is 6. The van der Waals surface area contributed by atoms with Crippen LogP contribution in [-0.2, 0) is 0 Å². The van der Waals surface area contributed by atoms with Crippen LogP contribution < -0.4 is 4.90 Å². The summed E-state index contributed by atoms with van der Waals surface area (Å²) in [6.07, 6.45) is 0. The molecule has 55 heavy (non-hydrogen) atoms. The van der Waals surface area contributed by atoms with Crippen molar-refractivity contribution in [2.45, 2.75) is 0 Å². The molecular formula is C50H31N5. The molecule has 0 bridgehead atoms. The third kappa shape index (κ3) is 5.23. The van der Waals surface area contributed by atoms with Crippen molar-refractivity contribution in [1.29, 1.82) is 10.5 Å². The minimum absolute atomic E-state index is 0.440. The van der Waals surface area contributed by atoms with Gasteiger partial charge in [0, 0.05) is 50.0 Å². The quantitative estimate of drug-likeness (QED) is 0.173. The zero-order valence-electron chi connectivity index (χ0n) is 29.6. The summed E-state index contributed by atoms with van der Waals surface area (Å²) in [5.74, 6) is 0. The summed E-state index contributed by atoms with van der Waals surface area (Å²) in [4.78, 5) is 2.28. The van der Waals surface area contributed by atoms with E-state index in [1.54, 1.807) is 6.07 Å². The van der Waals surface area contributed by atoms with Crippen LogP contribution in [0.3, 0.4) is 0 Å². The molecule has 8 aromatic carbocycles. The number of fused-ring (bicyclic) bond motifs is 6. The topological polar surface area (TPSA) is 60.7 Å². The van der Waals surface area contributed by atoms with Crippen molar-refractivity contribution in [3.63, 3.8) is 0 Å². The zero-order valence-corrected chi connectivity index (χ0v) is 29.6. The molecule has 2 heterocycles. The van der Waals surface area contributed by atoms with Crippen LogP contribution in [0, 0.1) is 22.7 Å². The molecule has 0 spiro atoms. The van der Waals surface area contributed by atoms with Crippen molar-refractivity contribution >= 4 is 60.7 Å². The van der Waals surface area contributed by atoms with Gasteiger partial charge in [-0.3, -0.25) is 0 Å². The monoisotopic (exact) mass is 701 g/mol. The van der Waals surface area contributed by atoms with Gasteiger partial charge in [-0.2, -0.15) is 10.5 Å². The highest BCUT2D eigenvalue weighted by molar-refractivity contribution is 6.18. The van der Waals surface area contributed by atoms with Crippen molar-refractivity contribution in [2.24, 2.45) is 0 Å². The Hall–Kier alpha value is -7.86. The van der Waals surface area contributed by atoms with E-state index >= 15 is 0 Å². The molecule has 5 nitrogen and oxygen atoms in total. The smallest absolute Gasteiger partial charge is 0.0992 e. The van der Waals surface area contributed by atoms with Gasteiger partial charge in [0.05, 0.1) is 45.3 Å².